The van der Waals surface area contributed by atoms with Crippen LogP contribution in [0.25, 0.3) is 20.8 Å². The second kappa shape index (κ2) is 8.29. The molecule has 0 saturated carbocycles. The predicted molar refractivity (Wildman–Crippen MR) is 107 cm³/mol. The number of amides is 2. The fourth-order valence-electron chi connectivity index (χ4n) is 2.39. The van der Waals surface area contributed by atoms with Gasteiger partial charge in [0.25, 0.3) is 0 Å². The molecule has 0 bridgehead atoms. The molecule has 0 unspecified atom stereocenters. The van der Waals surface area contributed by atoms with Gasteiger partial charge in [0.1, 0.15) is 5.01 Å². The molecule has 0 aliphatic heterocycles. The Balaban J connectivity index is 1.67. The van der Waals surface area contributed by atoms with E-state index in [9.17, 15) is 9.59 Å². The fourth-order valence-corrected chi connectivity index (χ4v) is 3.59. The van der Waals surface area contributed by atoms with Gasteiger partial charge < -0.3 is 10.6 Å². The lowest BCUT2D eigenvalue weighted by molar-refractivity contribution is -0.136. The lowest BCUT2D eigenvalue weighted by atomic mass is 10.2. The van der Waals surface area contributed by atoms with Gasteiger partial charge >= 0.3 is 11.8 Å². The maximum Gasteiger partial charge on any atom is 0.313 e. The quantitative estimate of drug-likeness (QED) is 0.395. The minimum Gasteiger partial charge on any atom is -0.348 e. The molecule has 0 fully saturated rings. The molecule has 26 heavy (non-hydrogen) atoms. The Labute approximate surface area is 160 Å². The maximum absolute atomic E-state index is 11.8. The van der Waals surface area contributed by atoms with Gasteiger partial charge in [0.15, 0.2) is 0 Å². The summed E-state index contributed by atoms with van der Waals surface area (Å²) >= 11 is 7.16. The average molecular weight is 388 g/mol. The summed E-state index contributed by atoms with van der Waals surface area (Å²) in [5.41, 5.74) is 3.70. The molecule has 5 nitrogen and oxygen atoms in total. The number of nitrogens with zero attached hydrogens (tertiary/aromatic N) is 1. The van der Waals surface area contributed by atoms with Crippen molar-refractivity contribution in [3.8, 4) is 10.6 Å². The zero-order chi connectivity index (χ0) is 18.5. The molecule has 0 aliphatic carbocycles. The van der Waals surface area contributed by atoms with E-state index in [-0.39, 0.29) is 0 Å². The van der Waals surface area contributed by atoms with Gasteiger partial charge in [-0.3, -0.25) is 9.59 Å². The van der Waals surface area contributed by atoms with E-state index in [1.165, 1.54) is 5.56 Å². The Morgan fingerprint density at radius 1 is 1.12 bits per heavy atom. The van der Waals surface area contributed by atoms with Crippen molar-refractivity contribution in [1.82, 2.24) is 10.3 Å². The van der Waals surface area contributed by atoms with Gasteiger partial charge in [-0.05, 0) is 55.3 Å². The molecular formula is C19H18ClN3O2S. The maximum atomic E-state index is 11.8. The fraction of sp³-hybridized carbons (Fsp3) is 0.211. The highest BCUT2D eigenvalue weighted by atomic mass is 35.5. The summed E-state index contributed by atoms with van der Waals surface area (Å²) in [5, 5.41) is 6.02. The Kier molecular flexibility index (Phi) is 5.85. The molecule has 0 saturated heterocycles. The third-order valence-corrected chi connectivity index (χ3v) is 5.07. The number of aromatic nitrogens is 1. The third kappa shape index (κ3) is 4.39. The molecule has 7 heteroatoms. The first-order valence-corrected chi connectivity index (χ1v) is 9.54. The van der Waals surface area contributed by atoms with E-state index < -0.39 is 11.8 Å². The largest absolute Gasteiger partial charge is 0.348 e. The summed E-state index contributed by atoms with van der Waals surface area (Å²) in [4.78, 5) is 28.1. The van der Waals surface area contributed by atoms with E-state index in [1.807, 2.05) is 24.3 Å². The molecule has 2 aromatic carbocycles. The zero-order valence-corrected chi connectivity index (χ0v) is 15.8. The highest BCUT2D eigenvalue weighted by molar-refractivity contribution is 7.21. The van der Waals surface area contributed by atoms with Crippen LogP contribution < -0.4 is 10.6 Å². The van der Waals surface area contributed by atoms with E-state index in [4.69, 9.17) is 11.6 Å². The molecule has 2 N–H and O–H groups in total. The van der Waals surface area contributed by atoms with Crippen LogP contribution in [0.5, 0.6) is 0 Å². The van der Waals surface area contributed by atoms with Crippen molar-refractivity contribution in [3.05, 3.63) is 48.0 Å². The molecule has 2 amide bonds. The average Bonchev–Trinajstić information content (AvgIpc) is 3.05. The Morgan fingerprint density at radius 3 is 2.62 bits per heavy atom. The van der Waals surface area contributed by atoms with Gasteiger partial charge in [0, 0.05) is 23.7 Å². The number of halogens is 1. The number of aryl methyl sites for hydroxylation is 1. The van der Waals surface area contributed by atoms with Crippen LogP contribution in [0, 0.1) is 6.92 Å². The lowest BCUT2D eigenvalue weighted by Gasteiger charge is -2.06. The smallest absolute Gasteiger partial charge is 0.313 e. The summed E-state index contributed by atoms with van der Waals surface area (Å²) in [6.07, 6.45) is 0.622. The molecule has 134 valence electrons. The van der Waals surface area contributed by atoms with E-state index in [0.717, 1.165) is 20.8 Å². The predicted octanol–water partition coefficient (Wildman–Crippen LogP) is 3.96. The summed E-state index contributed by atoms with van der Waals surface area (Å²) < 4.78 is 1.14. The lowest BCUT2D eigenvalue weighted by Crippen LogP contribution is -2.36. The SMILES string of the molecule is Cc1ccc2nc(-c3ccc(NC(=O)C(=O)NCCCCl)cc3)sc2c1. The number of carbonyl (C=O) groups excluding carboxylic acids is 2. The molecular weight excluding hydrogens is 370 g/mol. The van der Waals surface area contributed by atoms with Gasteiger partial charge in [-0.2, -0.15) is 0 Å². The molecule has 1 aromatic heterocycles. The molecule has 1 heterocycles. The van der Waals surface area contributed by atoms with Gasteiger partial charge in [-0.15, -0.1) is 22.9 Å². The number of hydrogen-bond donors (Lipinski definition) is 2. The Hall–Kier alpha value is -2.44. The molecule has 3 aromatic rings. The molecule has 0 aliphatic rings. The summed E-state index contributed by atoms with van der Waals surface area (Å²) in [6.45, 7) is 2.44. The summed E-state index contributed by atoms with van der Waals surface area (Å²) in [7, 11) is 0. The van der Waals surface area contributed by atoms with Crippen LogP contribution >= 0.6 is 22.9 Å². The third-order valence-electron chi connectivity index (χ3n) is 3.74. The van der Waals surface area contributed by atoms with Crippen LogP contribution in [0.2, 0.25) is 0 Å². The van der Waals surface area contributed by atoms with Gasteiger partial charge in [-0.1, -0.05) is 6.07 Å². The number of rotatable bonds is 5. The number of anilines is 1. The van der Waals surface area contributed by atoms with Crippen molar-refractivity contribution < 1.29 is 9.59 Å². The van der Waals surface area contributed by atoms with Crippen LogP contribution in [-0.2, 0) is 9.59 Å². The zero-order valence-electron chi connectivity index (χ0n) is 14.2. The van der Waals surface area contributed by atoms with Crippen molar-refractivity contribution in [1.29, 1.82) is 0 Å². The van der Waals surface area contributed by atoms with Gasteiger partial charge in [0.05, 0.1) is 10.2 Å². The van der Waals surface area contributed by atoms with E-state index in [1.54, 1.807) is 23.5 Å². The topological polar surface area (TPSA) is 71.1 Å². The molecule has 0 radical (unpaired) electrons. The first-order valence-electron chi connectivity index (χ1n) is 8.19. The highest BCUT2D eigenvalue weighted by Gasteiger charge is 2.13. The minimum atomic E-state index is -0.692. The monoisotopic (exact) mass is 387 g/mol. The van der Waals surface area contributed by atoms with Crippen LogP contribution in [-0.4, -0.2) is 29.2 Å². The van der Waals surface area contributed by atoms with Crippen LogP contribution in [0.4, 0.5) is 5.69 Å². The number of fused-ring (bicyclic) bond motifs is 1. The second-order valence-corrected chi connectivity index (χ2v) is 7.23. The van der Waals surface area contributed by atoms with Crippen molar-refractivity contribution in [2.45, 2.75) is 13.3 Å². The first kappa shape index (κ1) is 18.4. The van der Waals surface area contributed by atoms with Crippen LogP contribution in [0.1, 0.15) is 12.0 Å². The molecule has 0 spiro atoms. The van der Waals surface area contributed by atoms with Crippen molar-refractivity contribution in [3.63, 3.8) is 0 Å². The van der Waals surface area contributed by atoms with E-state index >= 15 is 0 Å². The standard InChI is InChI=1S/C19H18ClN3O2S/c1-12-3-8-15-16(11-12)26-19(23-15)13-4-6-14(7-5-13)22-18(25)17(24)21-10-2-9-20/h3-8,11H,2,9-10H2,1H3,(H,21,24)(H,22,25). The van der Waals surface area contributed by atoms with E-state index in [0.29, 0.717) is 24.5 Å². The minimum absolute atomic E-state index is 0.381. The van der Waals surface area contributed by atoms with E-state index in [2.05, 4.69) is 28.6 Å². The first-order chi connectivity index (χ1) is 12.6. The molecule has 0 atom stereocenters. The van der Waals surface area contributed by atoms with Crippen LogP contribution in [0.15, 0.2) is 42.5 Å². The number of alkyl halides is 1. The van der Waals surface area contributed by atoms with Crippen molar-refractivity contribution in [2.75, 3.05) is 17.7 Å². The summed E-state index contributed by atoms with van der Waals surface area (Å²) in [5.74, 6) is -0.919. The van der Waals surface area contributed by atoms with Crippen LogP contribution in [0.3, 0.4) is 0 Å². The molecule has 3 rings (SSSR count). The number of carbonyl (C=O) groups is 2. The number of nitrogens with one attached hydrogen (secondary N) is 2. The Morgan fingerprint density at radius 2 is 1.88 bits per heavy atom. The number of thiazole rings is 1. The highest BCUT2D eigenvalue weighted by Crippen LogP contribution is 2.31. The normalized spacial score (nSPS) is 10.7. The van der Waals surface area contributed by atoms with Crippen molar-refractivity contribution in [2.24, 2.45) is 0 Å². The number of benzene rings is 2. The second-order valence-electron chi connectivity index (χ2n) is 5.82. The van der Waals surface area contributed by atoms with Crippen molar-refractivity contribution >= 4 is 50.7 Å². The summed E-state index contributed by atoms with van der Waals surface area (Å²) in [6, 6.07) is 13.5. The Bertz CT molecular complexity index is 938. The van der Waals surface area contributed by atoms with Gasteiger partial charge in [-0.25, -0.2) is 4.98 Å². The van der Waals surface area contributed by atoms with Gasteiger partial charge in [0.2, 0.25) is 0 Å². The number of hydrogen-bond acceptors (Lipinski definition) is 4.